The molecule has 1 aliphatic carbocycles. The van der Waals surface area contributed by atoms with Crippen LogP contribution in [0, 0.1) is 5.92 Å². The zero-order chi connectivity index (χ0) is 12.8. The predicted octanol–water partition coefficient (Wildman–Crippen LogP) is 4.17. The van der Waals surface area contributed by atoms with Crippen molar-refractivity contribution in [1.82, 2.24) is 5.32 Å². The normalized spacial score (nSPS) is 33.0. The molecule has 0 aromatic carbocycles. The van der Waals surface area contributed by atoms with Crippen molar-refractivity contribution in [3.63, 3.8) is 0 Å². The fraction of sp³-hybridized carbons (Fsp3) is 1.00. The first kappa shape index (κ1) is 15.1. The molecule has 1 aliphatic heterocycles. The lowest BCUT2D eigenvalue weighted by Crippen LogP contribution is -2.48. The molecule has 1 N–H and O–H groups in total. The lowest BCUT2D eigenvalue weighted by atomic mass is 9.88. The van der Waals surface area contributed by atoms with Crippen LogP contribution in [0.4, 0.5) is 0 Å². The number of thioether (sulfide) groups is 2. The third-order valence-corrected chi connectivity index (χ3v) is 7.96. The minimum absolute atomic E-state index is 0.755. The van der Waals surface area contributed by atoms with E-state index in [0.717, 1.165) is 22.5 Å². The highest BCUT2D eigenvalue weighted by Crippen LogP contribution is 2.39. The Hall–Kier alpha value is 0.660. The van der Waals surface area contributed by atoms with Crippen molar-refractivity contribution in [2.45, 2.75) is 68.4 Å². The molecule has 0 spiro atoms. The van der Waals surface area contributed by atoms with Gasteiger partial charge in [-0.3, -0.25) is 0 Å². The Morgan fingerprint density at radius 2 is 1.72 bits per heavy atom. The number of nitrogens with one attached hydrogen (secondary N) is 1. The van der Waals surface area contributed by atoms with E-state index in [-0.39, 0.29) is 0 Å². The maximum atomic E-state index is 3.70. The van der Waals surface area contributed by atoms with Gasteiger partial charge in [0, 0.05) is 28.0 Å². The highest BCUT2D eigenvalue weighted by molar-refractivity contribution is 8.07. The summed E-state index contributed by atoms with van der Waals surface area (Å²) in [5.74, 6) is 3.65. The van der Waals surface area contributed by atoms with Crippen LogP contribution in [0.15, 0.2) is 0 Å². The molecule has 106 valence electrons. The summed E-state index contributed by atoms with van der Waals surface area (Å²) in [7, 11) is 2.20. The van der Waals surface area contributed by atoms with E-state index >= 15 is 0 Å². The molecule has 1 saturated heterocycles. The van der Waals surface area contributed by atoms with Gasteiger partial charge in [-0.2, -0.15) is 23.5 Å². The molecule has 1 nitrogen and oxygen atoms in total. The first-order valence-corrected chi connectivity index (χ1v) is 9.87. The van der Waals surface area contributed by atoms with Crippen LogP contribution in [0.5, 0.6) is 0 Å². The predicted molar refractivity (Wildman–Crippen MR) is 86.8 cm³/mol. The van der Waals surface area contributed by atoms with Gasteiger partial charge in [-0.1, -0.05) is 32.6 Å². The second kappa shape index (κ2) is 8.06. The molecule has 3 unspecified atom stereocenters. The first-order chi connectivity index (χ1) is 8.86. The van der Waals surface area contributed by atoms with Gasteiger partial charge in [0.25, 0.3) is 0 Å². The smallest absolute Gasteiger partial charge is 0.0322 e. The lowest BCUT2D eigenvalue weighted by molar-refractivity contribution is 0.322. The number of hydrogen-bond acceptors (Lipinski definition) is 3. The third-order valence-electron chi connectivity index (χ3n) is 4.59. The number of hydrogen-bond donors (Lipinski definition) is 1. The van der Waals surface area contributed by atoms with Gasteiger partial charge in [0.1, 0.15) is 0 Å². The Balaban J connectivity index is 2.00. The molecule has 2 fully saturated rings. The van der Waals surface area contributed by atoms with Crippen LogP contribution in [0.3, 0.4) is 0 Å². The van der Waals surface area contributed by atoms with E-state index in [1.54, 1.807) is 0 Å². The highest BCUT2D eigenvalue weighted by atomic mass is 32.2. The molecule has 0 aromatic heterocycles. The van der Waals surface area contributed by atoms with Crippen LogP contribution in [0.2, 0.25) is 0 Å². The van der Waals surface area contributed by atoms with Gasteiger partial charge in [0.05, 0.1) is 0 Å². The van der Waals surface area contributed by atoms with Crippen molar-refractivity contribution in [2.24, 2.45) is 5.92 Å². The first-order valence-electron chi connectivity index (χ1n) is 7.77. The third kappa shape index (κ3) is 3.83. The summed E-state index contributed by atoms with van der Waals surface area (Å²) < 4.78 is 0. The van der Waals surface area contributed by atoms with Gasteiger partial charge >= 0.3 is 0 Å². The largest absolute Gasteiger partial charge is 0.316 e. The average Bonchev–Trinajstić information content (AvgIpc) is 2.69. The standard InChI is InChI=1S/C15H29NS2/c1-3-13-15(18-11-10-17-13)14(16-2)12-8-6-4-5-7-9-12/h12-16H,3-11H2,1-2H3. The summed E-state index contributed by atoms with van der Waals surface area (Å²) in [6.45, 7) is 2.37. The summed E-state index contributed by atoms with van der Waals surface area (Å²) in [5.41, 5.74) is 0. The van der Waals surface area contributed by atoms with Crippen molar-refractivity contribution < 1.29 is 0 Å². The van der Waals surface area contributed by atoms with Crippen LogP contribution in [0.1, 0.15) is 51.9 Å². The van der Waals surface area contributed by atoms with Gasteiger partial charge in [-0.25, -0.2) is 0 Å². The monoisotopic (exact) mass is 287 g/mol. The van der Waals surface area contributed by atoms with Crippen LogP contribution >= 0.6 is 23.5 Å². The van der Waals surface area contributed by atoms with Crippen molar-refractivity contribution in [1.29, 1.82) is 0 Å². The molecule has 2 aliphatic rings. The Morgan fingerprint density at radius 1 is 1.06 bits per heavy atom. The minimum Gasteiger partial charge on any atom is -0.316 e. The lowest BCUT2D eigenvalue weighted by Gasteiger charge is -2.39. The molecule has 0 amide bonds. The molecular formula is C15H29NS2. The van der Waals surface area contributed by atoms with Crippen molar-refractivity contribution in [2.75, 3.05) is 18.6 Å². The fourth-order valence-electron chi connectivity index (χ4n) is 3.61. The van der Waals surface area contributed by atoms with Gasteiger partial charge in [0.15, 0.2) is 0 Å². The summed E-state index contributed by atoms with van der Waals surface area (Å²) in [5, 5.41) is 5.43. The highest BCUT2D eigenvalue weighted by Gasteiger charge is 2.35. The van der Waals surface area contributed by atoms with Crippen LogP contribution in [-0.2, 0) is 0 Å². The fourth-order valence-corrected chi connectivity index (χ4v) is 6.99. The second-order valence-corrected chi connectivity index (χ2v) is 8.35. The topological polar surface area (TPSA) is 12.0 Å². The SMILES string of the molecule is CCC1SCCSC1C(NC)C1CCCCCC1. The van der Waals surface area contributed by atoms with Crippen molar-refractivity contribution >= 4 is 23.5 Å². The van der Waals surface area contributed by atoms with E-state index < -0.39 is 0 Å². The Labute approximate surface area is 122 Å². The maximum absolute atomic E-state index is 3.70. The quantitative estimate of drug-likeness (QED) is 0.779. The van der Waals surface area contributed by atoms with Crippen LogP contribution in [0.25, 0.3) is 0 Å². The molecule has 3 heteroatoms. The van der Waals surface area contributed by atoms with E-state index in [0.29, 0.717) is 0 Å². The van der Waals surface area contributed by atoms with Gasteiger partial charge < -0.3 is 5.32 Å². The van der Waals surface area contributed by atoms with Crippen molar-refractivity contribution in [3.8, 4) is 0 Å². The molecule has 2 rings (SSSR count). The zero-order valence-electron chi connectivity index (χ0n) is 12.0. The summed E-state index contributed by atoms with van der Waals surface area (Å²) in [4.78, 5) is 0. The Bertz CT molecular complexity index is 227. The van der Waals surface area contributed by atoms with Crippen LogP contribution in [-0.4, -0.2) is 35.1 Å². The van der Waals surface area contributed by atoms with Crippen LogP contribution < -0.4 is 5.32 Å². The molecule has 0 radical (unpaired) electrons. The van der Waals surface area contributed by atoms with E-state index in [9.17, 15) is 0 Å². The molecule has 1 saturated carbocycles. The second-order valence-electron chi connectivity index (χ2n) is 5.72. The van der Waals surface area contributed by atoms with E-state index in [2.05, 4.69) is 42.8 Å². The van der Waals surface area contributed by atoms with Gasteiger partial charge in [-0.15, -0.1) is 0 Å². The molecule has 0 aromatic rings. The van der Waals surface area contributed by atoms with Gasteiger partial charge in [-0.05, 0) is 32.2 Å². The van der Waals surface area contributed by atoms with Crippen molar-refractivity contribution in [3.05, 3.63) is 0 Å². The summed E-state index contributed by atoms with van der Waals surface area (Å²) in [6, 6.07) is 0.755. The molecule has 3 atom stereocenters. The van der Waals surface area contributed by atoms with E-state index in [4.69, 9.17) is 0 Å². The summed E-state index contributed by atoms with van der Waals surface area (Å²) in [6.07, 6.45) is 10.1. The van der Waals surface area contributed by atoms with E-state index in [1.807, 2.05) is 0 Å². The molecule has 0 bridgehead atoms. The average molecular weight is 288 g/mol. The Morgan fingerprint density at radius 3 is 2.33 bits per heavy atom. The Kier molecular flexibility index (Phi) is 6.74. The molecule has 1 heterocycles. The summed E-state index contributed by atoms with van der Waals surface area (Å²) >= 11 is 4.47. The zero-order valence-corrected chi connectivity index (χ0v) is 13.6. The maximum Gasteiger partial charge on any atom is 0.0322 e. The number of rotatable bonds is 4. The minimum atomic E-state index is 0.755. The van der Waals surface area contributed by atoms with Gasteiger partial charge in [0.2, 0.25) is 0 Å². The van der Waals surface area contributed by atoms with E-state index in [1.165, 1.54) is 56.5 Å². The molecule has 18 heavy (non-hydrogen) atoms. The molecular weight excluding hydrogens is 258 g/mol.